The van der Waals surface area contributed by atoms with Gasteiger partial charge in [0, 0.05) is 81.9 Å². The van der Waals surface area contributed by atoms with Gasteiger partial charge in [0.2, 0.25) is 5.95 Å². The number of amides is 1. The molecule has 13 heteroatoms. The van der Waals surface area contributed by atoms with E-state index in [1.165, 1.54) is 4.90 Å². The first-order valence-electron chi connectivity index (χ1n) is 15.6. The molecule has 3 aliphatic rings. The fourth-order valence-electron chi connectivity index (χ4n) is 7.10. The average Bonchev–Trinajstić information content (AvgIpc) is 3.55. The Labute approximate surface area is 263 Å². The van der Waals surface area contributed by atoms with Crippen molar-refractivity contribution in [2.75, 3.05) is 50.7 Å². The van der Waals surface area contributed by atoms with Gasteiger partial charge in [-0.1, -0.05) is 30.3 Å². The molecule has 0 aliphatic carbocycles. The fraction of sp³-hybridized carbons (Fsp3) is 0.485. The lowest BCUT2D eigenvalue weighted by Gasteiger charge is -2.47. The maximum absolute atomic E-state index is 13.7. The molecule has 2 aromatic carbocycles. The molecular formula is C33H36F6N6O. The molecule has 3 fully saturated rings. The van der Waals surface area contributed by atoms with Crippen molar-refractivity contribution in [3.05, 3.63) is 89.2 Å². The molecule has 46 heavy (non-hydrogen) atoms. The largest absolute Gasteiger partial charge is 0.416 e. The van der Waals surface area contributed by atoms with E-state index in [0.29, 0.717) is 37.4 Å². The SMILES string of the molecule is O=C(c1cc(C(F)(F)F)cc(C(F)(F)F)c1)N1CCC(N2CCN(C3CCN(c4ncccn4)C3)CC2)CC1Cc1ccccc1. The predicted molar refractivity (Wildman–Crippen MR) is 160 cm³/mol. The zero-order valence-electron chi connectivity index (χ0n) is 25.2. The monoisotopic (exact) mass is 646 g/mol. The summed E-state index contributed by atoms with van der Waals surface area (Å²) in [6.45, 7) is 5.49. The van der Waals surface area contributed by atoms with Crippen LogP contribution in [-0.4, -0.2) is 94.5 Å². The molecule has 4 heterocycles. The van der Waals surface area contributed by atoms with Gasteiger partial charge in [0.1, 0.15) is 0 Å². The molecule has 1 aromatic heterocycles. The molecule has 1 amide bonds. The predicted octanol–water partition coefficient (Wildman–Crippen LogP) is 5.63. The molecule has 0 N–H and O–H groups in total. The van der Waals surface area contributed by atoms with Crippen molar-refractivity contribution >= 4 is 11.9 Å². The number of rotatable bonds is 6. The van der Waals surface area contributed by atoms with E-state index in [9.17, 15) is 31.1 Å². The van der Waals surface area contributed by atoms with E-state index in [0.717, 1.165) is 57.2 Å². The van der Waals surface area contributed by atoms with Gasteiger partial charge < -0.3 is 9.80 Å². The molecule has 7 nitrogen and oxygen atoms in total. The highest BCUT2D eigenvalue weighted by molar-refractivity contribution is 5.95. The fourth-order valence-corrected chi connectivity index (χ4v) is 7.10. The number of alkyl halides is 6. The van der Waals surface area contributed by atoms with Crippen LogP contribution in [0.1, 0.15) is 46.3 Å². The third kappa shape index (κ3) is 7.30. The van der Waals surface area contributed by atoms with Crippen molar-refractivity contribution in [1.82, 2.24) is 24.7 Å². The molecule has 3 unspecified atom stereocenters. The quantitative estimate of drug-likeness (QED) is 0.324. The van der Waals surface area contributed by atoms with Gasteiger partial charge in [-0.05, 0) is 55.5 Å². The standard InChI is InChI=1S/C33H36F6N6O/c34-32(35,36)25-18-24(19-26(20-25)33(37,38)39)30(46)45-12-8-27(21-29(45)17-23-5-2-1-3-6-23)42-13-15-43(16-14-42)28-7-11-44(22-28)31-40-9-4-10-41-31/h1-6,9-10,18-20,27-29H,7-8,11-17,21-22H2. The number of carbonyl (C=O) groups is 1. The minimum atomic E-state index is -5.03. The number of anilines is 1. The van der Waals surface area contributed by atoms with Crippen LogP contribution in [0, 0.1) is 0 Å². The van der Waals surface area contributed by atoms with Crippen molar-refractivity contribution in [2.45, 2.75) is 56.2 Å². The van der Waals surface area contributed by atoms with Crippen molar-refractivity contribution in [3.63, 3.8) is 0 Å². The van der Waals surface area contributed by atoms with Crippen LogP contribution in [0.4, 0.5) is 32.3 Å². The van der Waals surface area contributed by atoms with Gasteiger partial charge in [0.05, 0.1) is 11.1 Å². The lowest BCUT2D eigenvalue weighted by atomic mass is 9.90. The summed E-state index contributed by atoms with van der Waals surface area (Å²) in [6, 6.07) is 12.6. The van der Waals surface area contributed by atoms with Crippen LogP contribution in [0.3, 0.4) is 0 Å². The van der Waals surface area contributed by atoms with Gasteiger partial charge in [-0.25, -0.2) is 9.97 Å². The summed E-state index contributed by atoms with van der Waals surface area (Å²) >= 11 is 0. The zero-order chi connectivity index (χ0) is 32.5. The molecule has 3 aliphatic heterocycles. The number of carbonyl (C=O) groups excluding carboxylic acids is 1. The van der Waals surface area contributed by atoms with Gasteiger partial charge in [0.15, 0.2) is 0 Å². The van der Waals surface area contributed by atoms with Crippen molar-refractivity contribution in [2.24, 2.45) is 0 Å². The Morgan fingerprint density at radius 2 is 1.33 bits per heavy atom. The number of nitrogens with zero attached hydrogens (tertiary/aromatic N) is 6. The Hall–Kier alpha value is -3.71. The maximum Gasteiger partial charge on any atom is 0.416 e. The van der Waals surface area contributed by atoms with Gasteiger partial charge >= 0.3 is 12.4 Å². The van der Waals surface area contributed by atoms with Crippen LogP contribution in [0.2, 0.25) is 0 Å². The first kappa shape index (κ1) is 32.2. The van der Waals surface area contributed by atoms with E-state index >= 15 is 0 Å². The maximum atomic E-state index is 13.7. The van der Waals surface area contributed by atoms with E-state index in [4.69, 9.17) is 0 Å². The van der Waals surface area contributed by atoms with E-state index in [1.807, 2.05) is 30.3 Å². The molecule has 3 aromatic rings. The highest BCUT2D eigenvalue weighted by atomic mass is 19.4. The Kier molecular flexibility index (Phi) is 9.24. The van der Waals surface area contributed by atoms with Gasteiger partial charge in [-0.3, -0.25) is 14.6 Å². The first-order chi connectivity index (χ1) is 22.0. The third-order valence-electron chi connectivity index (χ3n) is 9.48. The number of hydrogen-bond donors (Lipinski definition) is 0. The number of halogens is 6. The van der Waals surface area contributed by atoms with Gasteiger partial charge in [-0.15, -0.1) is 0 Å². The van der Waals surface area contributed by atoms with Gasteiger partial charge in [-0.2, -0.15) is 26.3 Å². The van der Waals surface area contributed by atoms with E-state index < -0.39 is 35.0 Å². The summed E-state index contributed by atoms with van der Waals surface area (Å²) in [5, 5.41) is 0. The number of likely N-dealkylation sites (tertiary alicyclic amines) is 1. The van der Waals surface area contributed by atoms with Crippen molar-refractivity contribution < 1.29 is 31.1 Å². The molecule has 3 saturated heterocycles. The van der Waals surface area contributed by atoms with Crippen LogP contribution in [0.15, 0.2) is 67.0 Å². The van der Waals surface area contributed by atoms with Crippen LogP contribution in [0.25, 0.3) is 0 Å². The normalized spacial score (nSPS) is 23.6. The van der Waals surface area contributed by atoms with E-state index in [2.05, 4.69) is 24.7 Å². The number of aromatic nitrogens is 2. The third-order valence-corrected chi connectivity index (χ3v) is 9.48. The number of piperidine rings is 1. The minimum absolute atomic E-state index is 0.0582. The molecule has 0 bridgehead atoms. The Bertz CT molecular complexity index is 1450. The van der Waals surface area contributed by atoms with Crippen LogP contribution < -0.4 is 4.90 Å². The number of piperazine rings is 1. The number of benzene rings is 2. The van der Waals surface area contributed by atoms with Crippen LogP contribution >= 0.6 is 0 Å². The summed E-state index contributed by atoms with van der Waals surface area (Å²) in [5.74, 6) is -0.0665. The van der Waals surface area contributed by atoms with E-state index in [1.54, 1.807) is 18.5 Å². The summed E-state index contributed by atoms with van der Waals surface area (Å²) in [4.78, 5) is 31.1. The molecule has 0 saturated carbocycles. The molecule has 0 spiro atoms. The lowest BCUT2D eigenvalue weighted by molar-refractivity contribution is -0.143. The second kappa shape index (κ2) is 13.2. The summed E-state index contributed by atoms with van der Waals surface area (Å²) in [6.07, 6.45) is -3.91. The molecule has 246 valence electrons. The molecule has 3 atom stereocenters. The summed E-state index contributed by atoms with van der Waals surface area (Å²) in [5.41, 5.74) is -2.62. The zero-order valence-corrected chi connectivity index (χ0v) is 25.2. The smallest absolute Gasteiger partial charge is 0.339 e. The second-order valence-corrected chi connectivity index (χ2v) is 12.3. The summed E-state index contributed by atoms with van der Waals surface area (Å²) < 4.78 is 81.5. The topological polar surface area (TPSA) is 55.8 Å². The van der Waals surface area contributed by atoms with Crippen LogP contribution in [-0.2, 0) is 18.8 Å². The molecule has 6 rings (SSSR count). The Balaban J connectivity index is 1.15. The molecular weight excluding hydrogens is 610 g/mol. The average molecular weight is 647 g/mol. The Morgan fingerprint density at radius 1 is 0.739 bits per heavy atom. The summed E-state index contributed by atoms with van der Waals surface area (Å²) in [7, 11) is 0. The first-order valence-corrected chi connectivity index (χ1v) is 15.6. The highest BCUT2D eigenvalue weighted by Gasteiger charge is 2.41. The second-order valence-electron chi connectivity index (χ2n) is 12.3. The lowest BCUT2D eigenvalue weighted by Crippen LogP contribution is -2.58. The highest BCUT2D eigenvalue weighted by Crippen LogP contribution is 2.37. The Morgan fingerprint density at radius 3 is 1.93 bits per heavy atom. The van der Waals surface area contributed by atoms with Gasteiger partial charge in [0.25, 0.3) is 5.91 Å². The minimum Gasteiger partial charge on any atom is -0.339 e. The van der Waals surface area contributed by atoms with E-state index in [-0.39, 0.29) is 24.7 Å². The molecule has 0 radical (unpaired) electrons. The number of hydrogen-bond acceptors (Lipinski definition) is 6. The van der Waals surface area contributed by atoms with Crippen molar-refractivity contribution in [3.8, 4) is 0 Å². The van der Waals surface area contributed by atoms with Crippen molar-refractivity contribution in [1.29, 1.82) is 0 Å². The van der Waals surface area contributed by atoms with Crippen LogP contribution in [0.5, 0.6) is 0 Å².